The van der Waals surface area contributed by atoms with Gasteiger partial charge in [-0.3, -0.25) is 0 Å². The normalized spacial score (nSPS) is 17.4. The third kappa shape index (κ3) is 3.80. The fraction of sp³-hybridized carbons (Fsp3) is 0.333. The molecule has 3 heteroatoms. The smallest absolute Gasteiger partial charge is 0.115 e. The van der Waals surface area contributed by atoms with Gasteiger partial charge in [0.1, 0.15) is 5.75 Å². The van der Waals surface area contributed by atoms with Crippen molar-refractivity contribution in [2.45, 2.75) is 30.2 Å². The molecule has 0 amide bonds. The summed E-state index contributed by atoms with van der Waals surface area (Å²) < 4.78 is 0. The van der Waals surface area contributed by atoms with Gasteiger partial charge in [0.2, 0.25) is 0 Å². The van der Waals surface area contributed by atoms with E-state index in [9.17, 15) is 5.11 Å². The number of phenolic OH excluding ortho intramolecular Hbond substituents is 1. The number of hydrogen-bond donors (Lipinski definition) is 2. The van der Waals surface area contributed by atoms with Crippen LogP contribution in [0.1, 0.15) is 30.0 Å². The van der Waals surface area contributed by atoms with Gasteiger partial charge in [0.15, 0.2) is 0 Å². The number of phenols is 1. The van der Waals surface area contributed by atoms with Gasteiger partial charge in [-0.2, -0.15) is 0 Å². The SMILES string of the molecule is Oc1ccc2c(c1)CCCC2NCCSc1ccccc1. The zero-order chi connectivity index (χ0) is 14.5. The number of aryl methyl sites for hydroxylation is 1. The molecule has 0 aliphatic heterocycles. The summed E-state index contributed by atoms with van der Waals surface area (Å²) in [5.41, 5.74) is 2.67. The lowest BCUT2D eigenvalue weighted by atomic mass is 9.87. The van der Waals surface area contributed by atoms with Crippen molar-refractivity contribution in [3.05, 3.63) is 59.7 Å². The van der Waals surface area contributed by atoms with E-state index in [1.807, 2.05) is 17.8 Å². The number of hydrogen-bond acceptors (Lipinski definition) is 3. The Morgan fingerprint density at radius 3 is 2.86 bits per heavy atom. The van der Waals surface area contributed by atoms with Crippen molar-refractivity contribution in [3.63, 3.8) is 0 Å². The molecule has 0 heterocycles. The largest absolute Gasteiger partial charge is 0.508 e. The van der Waals surface area contributed by atoms with E-state index in [1.54, 1.807) is 6.07 Å². The monoisotopic (exact) mass is 299 g/mol. The maximum absolute atomic E-state index is 9.59. The maximum Gasteiger partial charge on any atom is 0.115 e. The summed E-state index contributed by atoms with van der Waals surface area (Å²) in [6.07, 6.45) is 3.47. The van der Waals surface area contributed by atoms with Gasteiger partial charge in [-0.25, -0.2) is 0 Å². The lowest BCUT2D eigenvalue weighted by molar-refractivity contribution is 0.458. The number of benzene rings is 2. The molecule has 1 aliphatic carbocycles. The topological polar surface area (TPSA) is 32.3 Å². The Balaban J connectivity index is 1.53. The number of aromatic hydroxyl groups is 1. The summed E-state index contributed by atoms with van der Waals surface area (Å²) in [6, 6.07) is 16.8. The summed E-state index contributed by atoms with van der Waals surface area (Å²) in [6.45, 7) is 1.00. The van der Waals surface area contributed by atoms with E-state index in [4.69, 9.17) is 0 Å². The molecule has 0 fully saturated rings. The quantitative estimate of drug-likeness (QED) is 0.642. The minimum Gasteiger partial charge on any atom is -0.508 e. The van der Waals surface area contributed by atoms with Gasteiger partial charge in [-0.05, 0) is 54.7 Å². The van der Waals surface area contributed by atoms with E-state index in [-0.39, 0.29) is 0 Å². The Kier molecular flexibility index (Phi) is 4.84. The minimum absolute atomic E-state index is 0.383. The van der Waals surface area contributed by atoms with E-state index >= 15 is 0 Å². The zero-order valence-electron chi connectivity index (χ0n) is 12.1. The molecule has 2 N–H and O–H groups in total. The van der Waals surface area contributed by atoms with E-state index in [0.29, 0.717) is 11.8 Å². The summed E-state index contributed by atoms with van der Waals surface area (Å²) in [5, 5.41) is 13.3. The van der Waals surface area contributed by atoms with Crippen LogP contribution in [0.3, 0.4) is 0 Å². The van der Waals surface area contributed by atoms with E-state index in [0.717, 1.165) is 18.7 Å². The van der Waals surface area contributed by atoms with Crippen LogP contribution in [-0.2, 0) is 6.42 Å². The number of nitrogens with one attached hydrogen (secondary N) is 1. The van der Waals surface area contributed by atoms with Gasteiger partial charge in [0.25, 0.3) is 0 Å². The Labute approximate surface area is 130 Å². The summed E-state index contributed by atoms with van der Waals surface area (Å²) in [7, 11) is 0. The number of rotatable bonds is 5. The molecule has 0 saturated heterocycles. The Morgan fingerprint density at radius 1 is 1.14 bits per heavy atom. The van der Waals surface area contributed by atoms with Crippen molar-refractivity contribution in [3.8, 4) is 5.75 Å². The lowest BCUT2D eigenvalue weighted by Gasteiger charge is -2.26. The van der Waals surface area contributed by atoms with Crippen LogP contribution in [-0.4, -0.2) is 17.4 Å². The molecule has 0 saturated carbocycles. The lowest BCUT2D eigenvalue weighted by Crippen LogP contribution is -2.27. The second-order valence-corrected chi connectivity index (χ2v) is 6.61. The van der Waals surface area contributed by atoms with Crippen molar-refractivity contribution >= 4 is 11.8 Å². The van der Waals surface area contributed by atoms with E-state index in [1.165, 1.54) is 28.9 Å². The van der Waals surface area contributed by atoms with Gasteiger partial charge >= 0.3 is 0 Å². The molecular formula is C18H21NOS. The molecule has 2 aromatic carbocycles. The molecule has 0 radical (unpaired) electrons. The second-order valence-electron chi connectivity index (χ2n) is 5.44. The van der Waals surface area contributed by atoms with Crippen molar-refractivity contribution in [2.24, 2.45) is 0 Å². The molecule has 0 spiro atoms. The molecule has 3 rings (SSSR count). The van der Waals surface area contributed by atoms with Crippen molar-refractivity contribution in [1.29, 1.82) is 0 Å². The van der Waals surface area contributed by atoms with Crippen molar-refractivity contribution < 1.29 is 5.11 Å². The summed E-state index contributed by atoms with van der Waals surface area (Å²) in [4.78, 5) is 1.33. The molecule has 1 atom stereocenters. The average Bonchev–Trinajstić information content (AvgIpc) is 2.52. The first-order chi connectivity index (χ1) is 10.3. The fourth-order valence-corrected chi connectivity index (χ4v) is 3.74. The van der Waals surface area contributed by atoms with Crippen molar-refractivity contribution in [1.82, 2.24) is 5.32 Å². The molecule has 2 nitrogen and oxygen atoms in total. The summed E-state index contributed by atoms with van der Waals surface area (Å²) >= 11 is 1.89. The predicted octanol–water partition coefficient (Wildman–Crippen LogP) is 4.15. The molecular weight excluding hydrogens is 278 g/mol. The number of fused-ring (bicyclic) bond motifs is 1. The standard InChI is InChI=1S/C18H21NOS/c20-15-9-10-17-14(13-15)5-4-8-18(17)19-11-12-21-16-6-2-1-3-7-16/h1-3,6-7,9-10,13,18-20H,4-5,8,11-12H2. The Bertz CT molecular complexity index is 585. The minimum atomic E-state index is 0.383. The third-order valence-corrected chi connectivity index (χ3v) is 4.96. The molecule has 1 aliphatic rings. The van der Waals surface area contributed by atoms with Crippen LogP contribution in [0.2, 0.25) is 0 Å². The van der Waals surface area contributed by atoms with Crippen LogP contribution in [0.25, 0.3) is 0 Å². The summed E-state index contributed by atoms with van der Waals surface area (Å²) in [5.74, 6) is 1.46. The Morgan fingerprint density at radius 2 is 2.00 bits per heavy atom. The second kappa shape index (κ2) is 7.01. The van der Waals surface area contributed by atoms with Crippen molar-refractivity contribution in [2.75, 3.05) is 12.3 Å². The first kappa shape index (κ1) is 14.5. The number of thioether (sulfide) groups is 1. The third-order valence-electron chi connectivity index (χ3n) is 3.95. The van der Waals surface area contributed by atoms with Gasteiger partial charge in [-0.1, -0.05) is 24.3 Å². The predicted molar refractivity (Wildman–Crippen MR) is 89.0 cm³/mol. The zero-order valence-corrected chi connectivity index (χ0v) is 12.9. The molecule has 110 valence electrons. The first-order valence-corrected chi connectivity index (χ1v) is 8.54. The van der Waals surface area contributed by atoms with Crippen LogP contribution < -0.4 is 5.32 Å². The van der Waals surface area contributed by atoms with E-state index in [2.05, 4.69) is 41.7 Å². The Hall–Kier alpha value is -1.45. The maximum atomic E-state index is 9.59. The molecule has 1 unspecified atom stereocenters. The molecule has 0 bridgehead atoms. The average molecular weight is 299 g/mol. The van der Waals surface area contributed by atoms with Crippen LogP contribution in [0, 0.1) is 0 Å². The van der Waals surface area contributed by atoms with Crippen LogP contribution in [0.5, 0.6) is 5.75 Å². The molecule has 2 aromatic rings. The van der Waals surface area contributed by atoms with Crippen LogP contribution in [0.15, 0.2) is 53.4 Å². The molecule has 0 aromatic heterocycles. The molecule has 21 heavy (non-hydrogen) atoms. The van der Waals surface area contributed by atoms with Crippen LogP contribution in [0.4, 0.5) is 0 Å². The highest BCUT2D eigenvalue weighted by atomic mass is 32.2. The van der Waals surface area contributed by atoms with Crippen LogP contribution >= 0.6 is 11.8 Å². The highest BCUT2D eigenvalue weighted by Crippen LogP contribution is 2.31. The van der Waals surface area contributed by atoms with Gasteiger partial charge in [0.05, 0.1) is 0 Å². The van der Waals surface area contributed by atoms with Gasteiger partial charge in [-0.15, -0.1) is 11.8 Å². The highest BCUT2D eigenvalue weighted by Gasteiger charge is 2.19. The van der Waals surface area contributed by atoms with Gasteiger partial charge in [0, 0.05) is 23.2 Å². The first-order valence-electron chi connectivity index (χ1n) is 7.56. The van der Waals surface area contributed by atoms with E-state index < -0.39 is 0 Å². The highest BCUT2D eigenvalue weighted by molar-refractivity contribution is 7.99. The fourth-order valence-electron chi connectivity index (χ4n) is 2.93. The van der Waals surface area contributed by atoms with Gasteiger partial charge < -0.3 is 10.4 Å².